The van der Waals surface area contributed by atoms with Gasteiger partial charge in [-0.3, -0.25) is 0 Å². The molecule has 0 spiro atoms. The van der Waals surface area contributed by atoms with Crippen LogP contribution in [0.15, 0.2) is 23.1 Å². The van der Waals surface area contributed by atoms with Crippen molar-refractivity contribution in [1.82, 2.24) is 10.0 Å². The SMILES string of the molecule is CNCc1ccc(C)c(S(=O)(=O)NC2CC(OC)C2)c1. The molecule has 0 amide bonds. The van der Waals surface area contributed by atoms with E-state index in [1.54, 1.807) is 13.2 Å². The summed E-state index contributed by atoms with van der Waals surface area (Å²) in [4.78, 5) is 0.367. The normalized spacial score (nSPS) is 22.6. The first-order valence-electron chi connectivity index (χ1n) is 6.75. The molecule has 0 atom stereocenters. The molecule has 1 aliphatic carbocycles. The van der Waals surface area contributed by atoms with Crippen LogP contribution in [0.3, 0.4) is 0 Å². The lowest BCUT2D eigenvalue weighted by atomic mass is 9.90. The van der Waals surface area contributed by atoms with Crippen LogP contribution >= 0.6 is 0 Å². The van der Waals surface area contributed by atoms with Crippen LogP contribution in [-0.4, -0.2) is 34.7 Å². The molecule has 1 fully saturated rings. The largest absolute Gasteiger partial charge is 0.381 e. The molecule has 1 aromatic carbocycles. The highest BCUT2D eigenvalue weighted by Gasteiger charge is 2.33. The molecule has 1 saturated carbocycles. The molecule has 1 aliphatic rings. The summed E-state index contributed by atoms with van der Waals surface area (Å²) in [6, 6.07) is 5.51. The van der Waals surface area contributed by atoms with Gasteiger partial charge in [-0.05, 0) is 44.0 Å². The first-order chi connectivity index (χ1) is 9.46. The Morgan fingerprint density at radius 3 is 2.65 bits per heavy atom. The number of rotatable bonds is 6. The van der Waals surface area contributed by atoms with E-state index in [1.807, 2.05) is 26.1 Å². The van der Waals surface area contributed by atoms with Gasteiger partial charge in [0.25, 0.3) is 0 Å². The van der Waals surface area contributed by atoms with Crippen LogP contribution in [0.4, 0.5) is 0 Å². The highest BCUT2D eigenvalue weighted by atomic mass is 32.2. The Kier molecular flexibility index (Phi) is 4.80. The van der Waals surface area contributed by atoms with Crippen molar-refractivity contribution in [3.8, 4) is 0 Å². The third kappa shape index (κ3) is 3.38. The van der Waals surface area contributed by atoms with Gasteiger partial charge in [0.15, 0.2) is 0 Å². The molecule has 1 aromatic rings. The molecule has 0 heterocycles. The van der Waals surface area contributed by atoms with E-state index in [4.69, 9.17) is 4.74 Å². The van der Waals surface area contributed by atoms with Crippen molar-refractivity contribution >= 4 is 10.0 Å². The molecular weight excluding hydrogens is 276 g/mol. The number of nitrogens with one attached hydrogen (secondary N) is 2. The van der Waals surface area contributed by atoms with Crippen LogP contribution in [0.1, 0.15) is 24.0 Å². The summed E-state index contributed by atoms with van der Waals surface area (Å²) in [6.45, 7) is 2.47. The van der Waals surface area contributed by atoms with Gasteiger partial charge in [0.05, 0.1) is 11.0 Å². The quantitative estimate of drug-likeness (QED) is 0.827. The Bertz CT molecular complexity index is 566. The van der Waals surface area contributed by atoms with E-state index < -0.39 is 10.0 Å². The predicted molar refractivity (Wildman–Crippen MR) is 78.1 cm³/mol. The highest BCUT2D eigenvalue weighted by Crippen LogP contribution is 2.25. The van der Waals surface area contributed by atoms with Crippen LogP contribution in [0.5, 0.6) is 0 Å². The minimum absolute atomic E-state index is 0.0164. The molecule has 20 heavy (non-hydrogen) atoms. The van der Waals surface area contributed by atoms with Crippen molar-refractivity contribution < 1.29 is 13.2 Å². The molecule has 6 heteroatoms. The maximum atomic E-state index is 12.4. The van der Waals surface area contributed by atoms with E-state index in [1.165, 1.54) is 0 Å². The maximum Gasteiger partial charge on any atom is 0.241 e. The second-order valence-corrected chi connectivity index (χ2v) is 6.96. The predicted octanol–water partition coefficient (Wildman–Crippen LogP) is 1.17. The molecule has 0 bridgehead atoms. The van der Waals surface area contributed by atoms with Crippen molar-refractivity contribution in [2.45, 2.75) is 43.4 Å². The van der Waals surface area contributed by atoms with Crippen LogP contribution in [0.25, 0.3) is 0 Å². The van der Waals surface area contributed by atoms with Crippen molar-refractivity contribution in [2.24, 2.45) is 0 Å². The summed E-state index contributed by atoms with van der Waals surface area (Å²) in [5, 5.41) is 3.03. The number of ether oxygens (including phenoxy) is 1. The van der Waals surface area contributed by atoms with Gasteiger partial charge in [0.2, 0.25) is 10.0 Å². The summed E-state index contributed by atoms with van der Waals surface area (Å²) in [6.07, 6.45) is 1.66. The lowest BCUT2D eigenvalue weighted by Gasteiger charge is -2.34. The minimum atomic E-state index is -3.46. The van der Waals surface area contributed by atoms with E-state index >= 15 is 0 Å². The average molecular weight is 298 g/mol. The van der Waals surface area contributed by atoms with Crippen molar-refractivity contribution in [1.29, 1.82) is 0 Å². The van der Waals surface area contributed by atoms with Crippen LogP contribution in [0, 0.1) is 6.92 Å². The lowest BCUT2D eigenvalue weighted by molar-refractivity contribution is 0.0236. The van der Waals surface area contributed by atoms with Crippen molar-refractivity contribution in [2.75, 3.05) is 14.2 Å². The number of sulfonamides is 1. The van der Waals surface area contributed by atoms with Gasteiger partial charge in [-0.2, -0.15) is 0 Å². The van der Waals surface area contributed by atoms with E-state index in [2.05, 4.69) is 10.0 Å². The third-order valence-corrected chi connectivity index (χ3v) is 5.34. The maximum absolute atomic E-state index is 12.4. The lowest BCUT2D eigenvalue weighted by Crippen LogP contribution is -2.47. The van der Waals surface area contributed by atoms with E-state index in [0.717, 1.165) is 24.0 Å². The first-order valence-corrected chi connectivity index (χ1v) is 8.24. The molecule has 0 unspecified atom stereocenters. The summed E-state index contributed by atoms with van der Waals surface area (Å²) < 4.78 is 32.8. The smallest absolute Gasteiger partial charge is 0.241 e. The molecular formula is C14H22N2O3S. The fraction of sp³-hybridized carbons (Fsp3) is 0.571. The molecule has 2 rings (SSSR count). The summed E-state index contributed by atoms with van der Waals surface area (Å²) in [5.41, 5.74) is 1.72. The van der Waals surface area contributed by atoms with Gasteiger partial charge >= 0.3 is 0 Å². The van der Waals surface area contributed by atoms with Gasteiger partial charge in [0, 0.05) is 19.7 Å². The van der Waals surface area contributed by atoms with Crippen LogP contribution in [-0.2, 0) is 21.3 Å². The Labute approximate surface area is 120 Å². The van der Waals surface area contributed by atoms with Crippen molar-refractivity contribution in [3.63, 3.8) is 0 Å². The van der Waals surface area contributed by atoms with E-state index in [-0.39, 0.29) is 12.1 Å². The zero-order chi connectivity index (χ0) is 14.8. The first kappa shape index (κ1) is 15.4. The Balaban J connectivity index is 2.14. The van der Waals surface area contributed by atoms with Crippen LogP contribution in [0.2, 0.25) is 0 Å². The standard InChI is InChI=1S/C14H22N2O3S/c1-10-4-5-11(9-15-2)6-14(10)20(17,18)16-12-7-13(8-12)19-3/h4-6,12-13,15-16H,7-9H2,1-3H3. The number of hydrogen-bond donors (Lipinski definition) is 2. The Morgan fingerprint density at radius 1 is 1.35 bits per heavy atom. The van der Waals surface area contributed by atoms with Crippen LogP contribution < -0.4 is 10.0 Å². The zero-order valence-corrected chi connectivity index (χ0v) is 13.0. The summed E-state index contributed by atoms with van der Waals surface area (Å²) in [7, 11) is 0.0355. The second kappa shape index (κ2) is 6.22. The number of hydrogen-bond acceptors (Lipinski definition) is 4. The van der Waals surface area contributed by atoms with Crippen molar-refractivity contribution in [3.05, 3.63) is 29.3 Å². The number of methoxy groups -OCH3 is 1. The van der Waals surface area contributed by atoms with E-state index in [9.17, 15) is 8.42 Å². The molecule has 5 nitrogen and oxygen atoms in total. The van der Waals surface area contributed by atoms with Gasteiger partial charge in [-0.15, -0.1) is 0 Å². The third-order valence-electron chi connectivity index (χ3n) is 3.67. The zero-order valence-electron chi connectivity index (χ0n) is 12.1. The summed E-state index contributed by atoms with van der Waals surface area (Å²) >= 11 is 0. The number of benzene rings is 1. The topological polar surface area (TPSA) is 67.4 Å². The number of aryl methyl sites for hydroxylation is 1. The molecule has 112 valence electrons. The second-order valence-electron chi connectivity index (χ2n) is 5.28. The highest BCUT2D eigenvalue weighted by molar-refractivity contribution is 7.89. The molecule has 2 N–H and O–H groups in total. The molecule has 0 aliphatic heterocycles. The minimum Gasteiger partial charge on any atom is -0.381 e. The molecule has 0 aromatic heterocycles. The fourth-order valence-corrected chi connectivity index (χ4v) is 3.94. The van der Waals surface area contributed by atoms with Gasteiger partial charge < -0.3 is 10.1 Å². The Morgan fingerprint density at radius 2 is 2.05 bits per heavy atom. The van der Waals surface area contributed by atoms with E-state index in [0.29, 0.717) is 11.4 Å². The monoisotopic (exact) mass is 298 g/mol. The molecule has 0 saturated heterocycles. The van der Waals surface area contributed by atoms with Gasteiger partial charge in [-0.25, -0.2) is 13.1 Å². The Hall–Kier alpha value is -0.950. The molecule has 0 radical (unpaired) electrons. The van der Waals surface area contributed by atoms with Gasteiger partial charge in [-0.1, -0.05) is 12.1 Å². The fourth-order valence-electron chi connectivity index (χ4n) is 2.39. The summed E-state index contributed by atoms with van der Waals surface area (Å²) in [5.74, 6) is 0. The van der Waals surface area contributed by atoms with Gasteiger partial charge in [0.1, 0.15) is 0 Å². The average Bonchev–Trinajstić information content (AvgIpc) is 2.35.